The Morgan fingerprint density at radius 3 is 2.82 bits per heavy atom. The molecule has 0 fully saturated rings. The molecule has 0 spiro atoms. The Morgan fingerprint density at radius 1 is 1.64 bits per heavy atom. The van der Waals surface area contributed by atoms with Gasteiger partial charge in [-0.05, 0) is 42.2 Å². The third kappa shape index (κ3) is 2.64. The molecule has 0 bridgehead atoms. The van der Waals surface area contributed by atoms with E-state index in [1.807, 2.05) is 0 Å². The highest BCUT2D eigenvalue weighted by Crippen LogP contribution is 2.15. The zero-order chi connectivity index (χ0) is 8.32. The van der Waals surface area contributed by atoms with Crippen LogP contribution in [0, 0.1) is 0 Å². The zero-order valence-corrected chi connectivity index (χ0v) is 7.95. The van der Waals surface area contributed by atoms with Gasteiger partial charge in [-0.3, -0.25) is 0 Å². The van der Waals surface area contributed by atoms with Gasteiger partial charge >= 0.3 is 0 Å². The second-order valence-corrected chi connectivity index (χ2v) is 4.10. The smallest absolute Gasteiger partial charge is 0.0164 e. The number of nitrogens with two attached hydrogens (primary N) is 1. The summed E-state index contributed by atoms with van der Waals surface area (Å²) < 4.78 is 0. The van der Waals surface area contributed by atoms with E-state index in [-0.39, 0.29) is 5.54 Å². The summed E-state index contributed by atoms with van der Waals surface area (Å²) in [5.41, 5.74) is 7.35. The average Bonchev–Trinajstić information content (AvgIpc) is 2.39. The van der Waals surface area contributed by atoms with E-state index in [9.17, 15) is 0 Å². The number of hydrogen-bond donors (Lipinski definition) is 1. The van der Waals surface area contributed by atoms with E-state index in [2.05, 4.69) is 30.7 Å². The molecule has 1 aromatic rings. The summed E-state index contributed by atoms with van der Waals surface area (Å²) in [7, 11) is 0. The molecule has 1 nitrogen and oxygen atoms in total. The summed E-state index contributed by atoms with van der Waals surface area (Å²) in [6, 6.07) is 2.14. The van der Waals surface area contributed by atoms with Crippen molar-refractivity contribution in [3.05, 3.63) is 22.4 Å². The van der Waals surface area contributed by atoms with Crippen LogP contribution in [0.4, 0.5) is 0 Å². The van der Waals surface area contributed by atoms with Gasteiger partial charge < -0.3 is 5.73 Å². The van der Waals surface area contributed by atoms with Crippen LogP contribution in [-0.2, 0) is 6.42 Å². The maximum atomic E-state index is 6.01. The third-order valence-corrected chi connectivity index (χ3v) is 2.73. The largest absolute Gasteiger partial charge is 0.325 e. The molecule has 0 amide bonds. The van der Waals surface area contributed by atoms with Gasteiger partial charge in [0.25, 0.3) is 0 Å². The van der Waals surface area contributed by atoms with Gasteiger partial charge in [-0.1, -0.05) is 6.92 Å². The van der Waals surface area contributed by atoms with Gasteiger partial charge in [0.1, 0.15) is 0 Å². The van der Waals surface area contributed by atoms with Gasteiger partial charge in [0, 0.05) is 5.54 Å². The Bertz CT molecular complexity index is 201. The molecule has 0 saturated heterocycles. The van der Waals surface area contributed by atoms with Crippen LogP contribution in [-0.4, -0.2) is 5.54 Å². The molecule has 1 atom stereocenters. The van der Waals surface area contributed by atoms with Crippen molar-refractivity contribution in [1.29, 1.82) is 0 Å². The highest BCUT2D eigenvalue weighted by Gasteiger charge is 2.15. The lowest BCUT2D eigenvalue weighted by Gasteiger charge is -2.21. The Balaban J connectivity index is 2.56. The molecule has 1 aromatic heterocycles. The summed E-state index contributed by atoms with van der Waals surface area (Å²) >= 11 is 1.74. The molecular formula is C9H15NS. The summed E-state index contributed by atoms with van der Waals surface area (Å²) in [5.74, 6) is 0. The monoisotopic (exact) mass is 169 g/mol. The topological polar surface area (TPSA) is 26.0 Å². The molecule has 0 radical (unpaired) electrons. The Hall–Kier alpha value is -0.340. The molecule has 0 saturated carbocycles. The van der Waals surface area contributed by atoms with Crippen molar-refractivity contribution in [2.45, 2.75) is 32.2 Å². The van der Waals surface area contributed by atoms with Crippen molar-refractivity contribution in [3.8, 4) is 0 Å². The Labute approximate surface area is 72.2 Å². The molecule has 1 unspecified atom stereocenters. The van der Waals surface area contributed by atoms with Crippen LogP contribution < -0.4 is 5.73 Å². The molecule has 0 aromatic carbocycles. The van der Waals surface area contributed by atoms with Crippen LogP contribution in [0.3, 0.4) is 0 Å². The molecule has 0 aliphatic heterocycles. The highest BCUT2D eigenvalue weighted by atomic mass is 32.1. The van der Waals surface area contributed by atoms with E-state index < -0.39 is 0 Å². The summed E-state index contributed by atoms with van der Waals surface area (Å²) in [6.45, 7) is 4.23. The molecule has 62 valence electrons. The first-order valence-electron chi connectivity index (χ1n) is 3.94. The number of rotatable bonds is 3. The van der Waals surface area contributed by atoms with Crippen LogP contribution in [0.5, 0.6) is 0 Å². The Morgan fingerprint density at radius 2 is 2.36 bits per heavy atom. The number of thiophene rings is 1. The SMILES string of the molecule is CCC(C)(N)Cc1ccsc1. The van der Waals surface area contributed by atoms with Crippen molar-refractivity contribution < 1.29 is 0 Å². The molecule has 0 aliphatic rings. The molecule has 2 N–H and O–H groups in total. The minimum atomic E-state index is -0.0267. The standard InChI is InChI=1S/C9H15NS/c1-3-9(2,10)6-8-4-5-11-7-8/h4-5,7H,3,6,10H2,1-2H3. The molecule has 1 rings (SSSR count). The first-order chi connectivity index (χ1) is 5.14. The quantitative estimate of drug-likeness (QED) is 0.739. The van der Waals surface area contributed by atoms with Gasteiger partial charge in [0.2, 0.25) is 0 Å². The van der Waals surface area contributed by atoms with Gasteiger partial charge in [0.05, 0.1) is 0 Å². The van der Waals surface area contributed by atoms with E-state index in [1.165, 1.54) is 5.56 Å². The van der Waals surface area contributed by atoms with E-state index in [0.717, 1.165) is 12.8 Å². The van der Waals surface area contributed by atoms with E-state index >= 15 is 0 Å². The fourth-order valence-corrected chi connectivity index (χ4v) is 1.65. The lowest BCUT2D eigenvalue weighted by atomic mass is 9.93. The van der Waals surface area contributed by atoms with E-state index in [0.29, 0.717) is 0 Å². The maximum Gasteiger partial charge on any atom is 0.0164 e. The average molecular weight is 169 g/mol. The molecule has 2 heteroatoms. The minimum Gasteiger partial charge on any atom is -0.325 e. The first-order valence-corrected chi connectivity index (χ1v) is 4.88. The van der Waals surface area contributed by atoms with Crippen molar-refractivity contribution in [3.63, 3.8) is 0 Å². The lowest BCUT2D eigenvalue weighted by molar-refractivity contribution is 0.450. The lowest BCUT2D eigenvalue weighted by Crippen LogP contribution is -2.37. The second kappa shape index (κ2) is 3.37. The fraction of sp³-hybridized carbons (Fsp3) is 0.556. The van der Waals surface area contributed by atoms with Crippen molar-refractivity contribution in [1.82, 2.24) is 0 Å². The molecule has 11 heavy (non-hydrogen) atoms. The van der Waals surface area contributed by atoms with Crippen LogP contribution in [0.1, 0.15) is 25.8 Å². The Kier molecular flexibility index (Phi) is 2.68. The van der Waals surface area contributed by atoms with Crippen molar-refractivity contribution >= 4 is 11.3 Å². The molecule has 0 aliphatic carbocycles. The van der Waals surface area contributed by atoms with Crippen LogP contribution in [0.25, 0.3) is 0 Å². The maximum absolute atomic E-state index is 6.01. The molecular weight excluding hydrogens is 154 g/mol. The normalized spacial score (nSPS) is 16.3. The van der Waals surface area contributed by atoms with Gasteiger partial charge in [-0.15, -0.1) is 0 Å². The van der Waals surface area contributed by atoms with E-state index in [1.54, 1.807) is 11.3 Å². The van der Waals surface area contributed by atoms with Gasteiger partial charge in [0.15, 0.2) is 0 Å². The number of hydrogen-bond acceptors (Lipinski definition) is 2. The van der Waals surface area contributed by atoms with Gasteiger partial charge in [-0.25, -0.2) is 0 Å². The fourth-order valence-electron chi connectivity index (χ4n) is 0.985. The van der Waals surface area contributed by atoms with Gasteiger partial charge in [-0.2, -0.15) is 11.3 Å². The predicted octanol–water partition coefficient (Wildman–Crippen LogP) is 2.42. The van der Waals surface area contributed by atoms with Crippen LogP contribution >= 0.6 is 11.3 Å². The third-order valence-electron chi connectivity index (χ3n) is 2.00. The zero-order valence-electron chi connectivity index (χ0n) is 7.13. The molecule has 1 heterocycles. The summed E-state index contributed by atoms with van der Waals surface area (Å²) in [6.07, 6.45) is 2.02. The summed E-state index contributed by atoms with van der Waals surface area (Å²) in [5, 5.41) is 4.27. The predicted molar refractivity (Wildman–Crippen MR) is 50.9 cm³/mol. The minimum absolute atomic E-state index is 0.0267. The van der Waals surface area contributed by atoms with Crippen LogP contribution in [0.2, 0.25) is 0 Å². The first kappa shape index (κ1) is 8.75. The van der Waals surface area contributed by atoms with Crippen molar-refractivity contribution in [2.75, 3.05) is 0 Å². The second-order valence-electron chi connectivity index (χ2n) is 3.32. The van der Waals surface area contributed by atoms with Crippen molar-refractivity contribution in [2.24, 2.45) is 5.73 Å². The highest BCUT2D eigenvalue weighted by molar-refractivity contribution is 7.07. The van der Waals surface area contributed by atoms with E-state index in [4.69, 9.17) is 5.73 Å². The summed E-state index contributed by atoms with van der Waals surface area (Å²) in [4.78, 5) is 0. The van der Waals surface area contributed by atoms with Crippen LogP contribution in [0.15, 0.2) is 16.8 Å².